The van der Waals surface area contributed by atoms with Gasteiger partial charge in [0.15, 0.2) is 0 Å². The molecule has 1 atom stereocenters. The van der Waals surface area contributed by atoms with Gasteiger partial charge in [-0.15, -0.1) is 0 Å². The zero-order valence-electron chi connectivity index (χ0n) is 11.9. The van der Waals surface area contributed by atoms with Gasteiger partial charge in [-0.3, -0.25) is 9.89 Å². The highest BCUT2D eigenvalue weighted by molar-refractivity contribution is 5.97. The van der Waals surface area contributed by atoms with E-state index in [1.165, 1.54) is 0 Å². The van der Waals surface area contributed by atoms with Crippen LogP contribution in [0.2, 0.25) is 0 Å². The molecule has 0 bridgehead atoms. The number of aliphatic hydroxyl groups excluding tert-OH is 1. The van der Waals surface area contributed by atoms with Crippen LogP contribution in [0.15, 0.2) is 24.4 Å². The molecule has 1 aromatic carbocycles. The van der Waals surface area contributed by atoms with Crippen molar-refractivity contribution in [3.63, 3.8) is 0 Å². The molecule has 0 radical (unpaired) electrons. The number of carbonyl (C=O) groups is 1. The fourth-order valence-electron chi connectivity index (χ4n) is 2.38. The molecule has 20 heavy (non-hydrogen) atoms. The molecule has 0 aliphatic carbocycles. The molecule has 0 saturated heterocycles. The maximum Gasteiger partial charge on any atom is 0.251 e. The van der Waals surface area contributed by atoms with E-state index in [1.54, 1.807) is 18.3 Å². The molecule has 5 nitrogen and oxygen atoms in total. The summed E-state index contributed by atoms with van der Waals surface area (Å²) in [6.07, 6.45) is 3.01. The van der Waals surface area contributed by atoms with E-state index in [0.717, 1.165) is 23.7 Å². The fraction of sp³-hybridized carbons (Fsp3) is 0.467. The van der Waals surface area contributed by atoms with Crippen molar-refractivity contribution in [3.8, 4) is 0 Å². The van der Waals surface area contributed by atoms with Gasteiger partial charge >= 0.3 is 0 Å². The van der Waals surface area contributed by atoms with E-state index < -0.39 is 6.10 Å². The second kappa shape index (κ2) is 6.52. The lowest BCUT2D eigenvalue weighted by Gasteiger charge is -2.20. The molecular formula is C15H21N3O2. The average Bonchev–Trinajstić information content (AvgIpc) is 2.93. The van der Waals surface area contributed by atoms with Gasteiger partial charge in [-0.25, -0.2) is 0 Å². The Morgan fingerprint density at radius 2 is 2.15 bits per heavy atom. The van der Waals surface area contributed by atoms with Crippen molar-refractivity contribution < 1.29 is 9.90 Å². The van der Waals surface area contributed by atoms with E-state index in [0.29, 0.717) is 5.56 Å². The molecule has 3 N–H and O–H groups in total. The molecular weight excluding hydrogens is 254 g/mol. The summed E-state index contributed by atoms with van der Waals surface area (Å²) in [6.45, 7) is 4.38. The van der Waals surface area contributed by atoms with Gasteiger partial charge in [-0.2, -0.15) is 5.10 Å². The normalized spacial score (nSPS) is 12.8. The number of aliphatic hydroxyl groups is 1. The third-order valence-electron chi connectivity index (χ3n) is 3.77. The van der Waals surface area contributed by atoms with E-state index in [4.69, 9.17) is 0 Å². The monoisotopic (exact) mass is 275 g/mol. The van der Waals surface area contributed by atoms with Crippen molar-refractivity contribution in [2.24, 2.45) is 5.92 Å². The molecule has 1 aromatic heterocycles. The number of fused-ring (bicyclic) bond motifs is 1. The van der Waals surface area contributed by atoms with E-state index in [1.807, 2.05) is 19.9 Å². The summed E-state index contributed by atoms with van der Waals surface area (Å²) in [5.41, 5.74) is 1.48. The molecule has 5 heteroatoms. The number of hydrogen-bond acceptors (Lipinski definition) is 3. The molecule has 0 saturated carbocycles. The van der Waals surface area contributed by atoms with Crippen molar-refractivity contribution in [2.45, 2.75) is 32.8 Å². The van der Waals surface area contributed by atoms with Crippen LogP contribution in [-0.2, 0) is 0 Å². The standard InChI is InChI=1S/C15H21N3O2/c1-3-10(4-2)14(19)9-16-15(20)11-5-6-13-12(7-11)8-17-18-13/h5-8,10,14,19H,3-4,9H2,1-2H3,(H,16,20)(H,17,18). The van der Waals surface area contributed by atoms with Crippen LogP contribution >= 0.6 is 0 Å². The van der Waals surface area contributed by atoms with E-state index >= 15 is 0 Å². The number of carbonyl (C=O) groups excluding carboxylic acids is 1. The topological polar surface area (TPSA) is 78.0 Å². The van der Waals surface area contributed by atoms with E-state index in [2.05, 4.69) is 15.5 Å². The Morgan fingerprint density at radius 3 is 2.85 bits per heavy atom. The zero-order valence-corrected chi connectivity index (χ0v) is 11.9. The number of nitrogens with zero attached hydrogens (tertiary/aromatic N) is 1. The first-order chi connectivity index (χ1) is 9.65. The third-order valence-corrected chi connectivity index (χ3v) is 3.77. The van der Waals surface area contributed by atoms with Gasteiger partial charge in [0, 0.05) is 17.5 Å². The van der Waals surface area contributed by atoms with Crippen LogP contribution in [-0.4, -0.2) is 33.9 Å². The molecule has 108 valence electrons. The number of benzene rings is 1. The number of aromatic amines is 1. The van der Waals surface area contributed by atoms with Crippen molar-refractivity contribution in [2.75, 3.05) is 6.54 Å². The molecule has 0 aliphatic rings. The van der Waals surface area contributed by atoms with E-state index in [-0.39, 0.29) is 18.4 Å². The zero-order chi connectivity index (χ0) is 14.5. The molecule has 2 rings (SSSR count). The molecule has 0 fully saturated rings. The van der Waals surface area contributed by atoms with Crippen molar-refractivity contribution in [1.29, 1.82) is 0 Å². The number of hydrogen-bond donors (Lipinski definition) is 3. The maximum atomic E-state index is 12.1. The summed E-state index contributed by atoms with van der Waals surface area (Å²) in [7, 11) is 0. The second-order valence-electron chi connectivity index (χ2n) is 5.03. The van der Waals surface area contributed by atoms with Crippen LogP contribution in [0.5, 0.6) is 0 Å². The molecule has 2 aromatic rings. The second-order valence-corrected chi connectivity index (χ2v) is 5.03. The Kier molecular flexibility index (Phi) is 4.74. The van der Waals surface area contributed by atoms with Crippen LogP contribution in [0.3, 0.4) is 0 Å². The average molecular weight is 275 g/mol. The largest absolute Gasteiger partial charge is 0.391 e. The first-order valence-corrected chi connectivity index (χ1v) is 7.05. The number of H-pyrrole nitrogens is 1. The highest BCUT2D eigenvalue weighted by Crippen LogP contribution is 2.14. The van der Waals surface area contributed by atoms with Crippen LogP contribution in [0.25, 0.3) is 10.9 Å². The number of rotatable bonds is 6. The Labute approximate surface area is 118 Å². The Morgan fingerprint density at radius 1 is 1.40 bits per heavy atom. The lowest BCUT2D eigenvalue weighted by Crippen LogP contribution is -2.36. The molecule has 0 spiro atoms. The summed E-state index contributed by atoms with van der Waals surface area (Å²) in [5, 5.41) is 20.5. The summed E-state index contributed by atoms with van der Waals surface area (Å²) in [6, 6.07) is 5.37. The van der Waals surface area contributed by atoms with Gasteiger partial charge in [0.1, 0.15) is 0 Å². The highest BCUT2D eigenvalue weighted by atomic mass is 16.3. The lowest BCUT2D eigenvalue weighted by atomic mass is 9.96. The van der Waals surface area contributed by atoms with E-state index in [9.17, 15) is 9.90 Å². The van der Waals surface area contributed by atoms with Crippen LogP contribution in [0.4, 0.5) is 0 Å². The van der Waals surface area contributed by atoms with Crippen LogP contribution in [0.1, 0.15) is 37.0 Å². The summed E-state index contributed by atoms with van der Waals surface area (Å²) >= 11 is 0. The van der Waals surface area contributed by atoms with Gasteiger partial charge in [0.05, 0.1) is 17.8 Å². The van der Waals surface area contributed by atoms with Gasteiger partial charge < -0.3 is 10.4 Å². The SMILES string of the molecule is CCC(CC)C(O)CNC(=O)c1ccc2[nH]ncc2c1. The third kappa shape index (κ3) is 3.17. The van der Waals surface area contributed by atoms with Crippen molar-refractivity contribution in [3.05, 3.63) is 30.0 Å². The minimum Gasteiger partial charge on any atom is -0.391 e. The highest BCUT2D eigenvalue weighted by Gasteiger charge is 2.16. The Balaban J connectivity index is 1.97. The van der Waals surface area contributed by atoms with Gasteiger partial charge in [-0.05, 0) is 24.1 Å². The van der Waals surface area contributed by atoms with Gasteiger partial charge in [0.25, 0.3) is 5.91 Å². The van der Waals surface area contributed by atoms with Crippen LogP contribution in [0, 0.1) is 5.92 Å². The quantitative estimate of drug-likeness (QED) is 0.755. The Hall–Kier alpha value is -1.88. The molecule has 0 aliphatic heterocycles. The lowest BCUT2D eigenvalue weighted by molar-refractivity contribution is 0.0817. The summed E-state index contributed by atoms with van der Waals surface area (Å²) < 4.78 is 0. The predicted octanol–water partition coefficient (Wildman–Crippen LogP) is 2.09. The predicted molar refractivity (Wildman–Crippen MR) is 78.5 cm³/mol. The smallest absolute Gasteiger partial charge is 0.251 e. The fourth-order valence-corrected chi connectivity index (χ4v) is 2.38. The van der Waals surface area contributed by atoms with Gasteiger partial charge in [0.2, 0.25) is 0 Å². The summed E-state index contributed by atoms with van der Waals surface area (Å²) in [5.74, 6) is 0.0600. The number of aromatic nitrogens is 2. The van der Waals surface area contributed by atoms with Gasteiger partial charge in [-0.1, -0.05) is 26.7 Å². The van der Waals surface area contributed by atoms with Crippen molar-refractivity contribution >= 4 is 16.8 Å². The Bertz CT molecular complexity index is 575. The van der Waals surface area contributed by atoms with Crippen molar-refractivity contribution in [1.82, 2.24) is 15.5 Å². The number of nitrogens with one attached hydrogen (secondary N) is 2. The molecule has 1 heterocycles. The molecule has 1 amide bonds. The first-order valence-electron chi connectivity index (χ1n) is 7.05. The number of amides is 1. The summed E-state index contributed by atoms with van der Waals surface area (Å²) in [4.78, 5) is 12.1. The molecule has 1 unspecified atom stereocenters. The minimum absolute atomic E-state index is 0.168. The minimum atomic E-state index is -0.494. The first kappa shape index (κ1) is 14.5. The van der Waals surface area contributed by atoms with Crippen LogP contribution < -0.4 is 5.32 Å². The maximum absolute atomic E-state index is 12.1.